The van der Waals surface area contributed by atoms with Crippen LogP contribution in [0.4, 0.5) is 0 Å². The first-order valence-electron chi connectivity index (χ1n) is 5.17. The zero-order valence-corrected chi connectivity index (χ0v) is 10.3. The molecular formula is C9H23NO4S. The molecule has 0 amide bonds. The molecule has 0 radical (unpaired) electrons. The van der Waals surface area contributed by atoms with Crippen LogP contribution in [0, 0.1) is 5.92 Å². The maximum atomic E-state index is 8.74. The van der Waals surface area contributed by atoms with Crippen LogP contribution in [0.5, 0.6) is 0 Å². The molecular weight excluding hydrogens is 218 g/mol. The Morgan fingerprint density at radius 2 is 1.47 bits per heavy atom. The highest BCUT2D eigenvalue weighted by molar-refractivity contribution is 7.79. The number of hydrogen-bond acceptors (Lipinski definition) is 3. The number of nitrogens with two attached hydrogens (primary N) is 1. The highest BCUT2D eigenvalue weighted by Gasteiger charge is 1.92. The second-order valence-electron chi connectivity index (χ2n) is 3.83. The van der Waals surface area contributed by atoms with Crippen molar-refractivity contribution in [2.24, 2.45) is 11.7 Å². The molecule has 0 saturated heterocycles. The Morgan fingerprint density at radius 1 is 1.07 bits per heavy atom. The average molecular weight is 241 g/mol. The van der Waals surface area contributed by atoms with Crippen molar-refractivity contribution in [3.63, 3.8) is 0 Å². The highest BCUT2D eigenvalue weighted by Crippen LogP contribution is 2.08. The second kappa shape index (κ2) is 10.4. The summed E-state index contributed by atoms with van der Waals surface area (Å²) in [6.07, 6.45) is 6.67. The van der Waals surface area contributed by atoms with Crippen molar-refractivity contribution in [2.45, 2.75) is 46.0 Å². The first-order valence-corrected chi connectivity index (χ1v) is 6.57. The van der Waals surface area contributed by atoms with Gasteiger partial charge in [-0.15, -0.1) is 0 Å². The van der Waals surface area contributed by atoms with Crippen LogP contribution >= 0.6 is 0 Å². The van der Waals surface area contributed by atoms with Crippen molar-refractivity contribution >= 4 is 10.4 Å². The van der Waals surface area contributed by atoms with Crippen molar-refractivity contribution in [1.82, 2.24) is 0 Å². The molecule has 0 saturated carbocycles. The summed E-state index contributed by atoms with van der Waals surface area (Å²) in [6.45, 7) is 5.42. The molecule has 15 heavy (non-hydrogen) atoms. The van der Waals surface area contributed by atoms with E-state index in [1.54, 1.807) is 0 Å². The molecule has 0 aromatic rings. The summed E-state index contributed by atoms with van der Waals surface area (Å²) >= 11 is 0. The fourth-order valence-corrected chi connectivity index (χ4v) is 1.05. The molecule has 0 bridgehead atoms. The van der Waals surface area contributed by atoms with Gasteiger partial charge in [-0.2, -0.15) is 8.42 Å². The lowest BCUT2D eigenvalue weighted by Crippen LogP contribution is -1.97. The van der Waals surface area contributed by atoms with Gasteiger partial charge in [-0.05, 0) is 18.9 Å². The molecule has 0 heterocycles. The van der Waals surface area contributed by atoms with Gasteiger partial charge in [-0.1, -0.05) is 39.5 Å². The van der Waals surface area contributed by atoms with Gasteiger partial charge in [0.1, 0.15) is 0 Å². The van der Waals surface area contributed by atoms with E-state index in [9.17, 15) is 0 Å². The summed E-state index contributed by atoms with van der Waals surface area (Å²) in [6, 6.07) is 0. The molecule has 0 unspecified atom stereocenters. The maximum Gasteiger partial charge on any atom is 0.394 e. The summed E-state index contributed by atoms with van der Waals surface area (Å²) in [5.74, 6) is 0.873. The molecule has 0 spiro atoms. The van der Waals surface area contributed by atoms with Crippen LogP contribution in [0.1, 0.15) is 46.0 Å². The molecule has 0 aliphatic heterocycles. The van der Waals surface area contributed by atoms with Crippen LogP contribution in [0.25, 0.3) is 0 Å². The highest BCUT2D eigenvalue weighted by atomic mass is 32.3. The summed E-state index contributed by atoms with van der Waals surface area (Å²) in [5.41, 5.74) is 5.37. The molecule has 4 N–H and O–H groups in total. The molecule has 0 rings (SSSR count). The van der Waals surface area contributed by atoms with Crippen molar-refractivity contribution in [3.8, 4) is 0 Å². The Labute approximate surface area is 92.6 Å². The second-order valence-corrected chi connectivity index (χ2v) is 4.73. The first kappa shape index (κ1) is 17.2. The van der Waals surface area contributed by atoms with Crippen molar-refractivity contribution < 1.29 is 17.5 Å². The monoisotopic (exact) mass is 241 g/mol. The first-order chi connectivity index (χ1) is 6.77. The normalized spacial score (nSPS) is 11.1. The van der Waals surface area contributed by atoms with Crippen molar-refractivity contribution in [1.29, 1.82) is 0 Å². The third-order valence-corrected chi connectivity index (χ3v) is 1.74. The van der Waals surface area contributed by atoms with Crippen LogP contribution in [0.15, 0.2) is 0 Å². The van der Waals surface area contributed by atoms with Crippen LogP contribution in [-0.2, 0) is 10.4 Å². The third-order valence-electron chi connectivity index (χ3n) is 1.74. The molecule has 0 fully saturated rings. The van der Waals surface area contributed by atoms with E-state index < -0.39 is 10.4 Å². The van der Waals surface area contributed by atoms with E-state index in [1.165, 1.54) is 32.1 Å². The zero-order valence-electron chi connectivity index (χ0n) is 9.52. The standard InChI is InChI=1S/C9H21N.H2O4S/c1-9(2)7-5-3-4-6-8-10;1-5(2,3)4/h9H,3-8,10H2,1-2H3;(H2,1,2,3,4). The lowest BCUT2D eigenvalue weighted by Gasteiger charge is -2.02. The minimum atomic E-state index is -4.67. The minimum absolute atomic E-state index is 0.863. The largest absolute Gasteiger partial charge is 0.394 e. The summed E-state index contributed by atoms with van der Waals surface area (Å²) in [4.78, 5) is 0. The topological polar surface area (TPSA) is 101 Å². The van der Waals surface area contributed by atoms with Crippen molar-refractivity contribution in [3.05, 3.63) is 0 Å². The van der Waals surface area contributed by atoms with Gasteiger partial charge >= 0.3 is 10.4 Å². The Balaban J connectivity index is 0. The SMILES string of the molecule is CC(C)CCCCCCN.O=S(=O)(O)O. The van der Waals surface area contributed by atoms with Gasteiger partial charge in [0.15, 0.2) is 0 Å². The fraction of sp³-hybridized carbons (Fsp3) is 1.00. The van der Waals surface area contributed by atoms with E-state index in [0.717, 1.165) is 12.5 Å². The predicted octanol–water partition coefficient (Wildman–Crippen LogP) is 1.90. The third kappa shape index (κ3) is 41.5. The van der Waals surface area contributed by atoms with Gasteiger partial charge in [-0.3, -0.25) is 9.11 Å². The maximum absolute atomic E-state index is 8.74. The van der Waals surface area contributed by atoms with Gasteiger partial charge < -0.3 is 5.73 Å². The van der Waals surface area contributed by atoms with Gasteiger partial charge in [0.25, 0.3) is 0 Å². The molecule has 94 valence electrons. The van der Waals surface area contributed by atoms with Crippen LogP contribution < -0.4 is 5.73 Å². The Kier molecular flexibility index (Phi) is 11.9. The van der Waals surface area contributed by atoms with Gasteiger partial charge in [0.2, 0.25) is 0 Å². The van der Waals surface area contributed by atoms with E-state index >= 15 is 0 Å². The van der Waals surface area contributed by atoms with Crippen LogP contribution in [0.2, 0.25) is 0 Å². The smallest absolute Gasteiger partial charge is 0.330 e. The Hall–Kier alpha value is -0.170. The predicted molar refractivity (Wildman–Crippen MR) is 61.2 cm³/mol. The number of unbranched alkanes of at least 4 members (excludes halogenated alkanes) is 3. The van der Waals surface area contributed by atoms with E-state index in [1.807, 2.05) is 0 Å². The summed E-state index contributed by atoms with van der Waals surface area (Å²) < 4.78 is 31.6. The Morgan fingerprint density at radius 3 is 1.80 bits per heavy atom. The van der Waals surface area contributed by atoms with E-state index in [-0.39, 0.29) is 0 Å². The van der Waals surface area contributed by atoms with Gasteiger partial charge in [-0.25, -0.2) is 0 Å². The molecule has 0 aromatic carbocycles. The molecule has 5 nitrogen and oxygen atoms in total. The fourth-order valence-electron chi connectivity index (χ4n) is 1.05. The lowest BCUT2D eigenvalue weighted by atomic mass is 10.0. The molecule has 0 aliphatic carbocycles. The van der Waals surface area contributed by atoms with Crippen molar-refractivity contribution in [2.75, 3.05) is 6.54 Å². The quantitative estimate of drug-likeness (QED) is 0.487. The summed E-state index contributed by atoms with van der Waals surface area (Å²) in [5, 5.41) is 0. The molecule has 0 aliphatic rings. The number of rotatable bonds is 6. The van der Waals surface area contributed by atoms with Crippen LogP contribution in [0.3, 0.4) is 0 Å². The van der Waals surface area contributed by atoms with Crippen LogP contribution in [-0.4, -0.2) is 24.1 Å². The van der Waals surface area contributed by atoms with Gasteiger partial charge in [0, 0.05) is 0 Å². The summed E-state index contributed by atoms with van der Waals surface area (Å²) in [7, 11) is -4.67. The van der Waals surface area contributed by atoms with E-state index in [4.69, 9.17) is 23.3 Å². The molecule has 0 atom stereocenters. The minimum Gasteiger partial charge on any atom is -0.330 e. The lowest BCUT2D eigenvalue weighted by molar-refractivity contribution is 0.381. The average Bonchev–Trinajstić information content (AvgIpc) is 2.00. The molecule has 0 aromatic heterocycles. The van der Waals surface area contributed by atoms with Gasteiger partial charge in [0.05, 0.1) is 0 Å². The molecule has 6 heteroatoms. The zero-order chi connectivity index (χ0) is 12.3. The van der Waals surface area contributed by atoms with E-state index in [0.29, 0.717) is 0 Å². The van der Waals surface area contributed by atoms with E-state index in [2.05, 4.69) is 13.8 Å². The number of hydrogen-bond donors (Lipinski definition) is 3. The Bertz CT molecular complexity index is 206.